The molecule has 10 heteroatoms. The van der Waals surface area contributed by atoms with Crippen molar-refractivity contribution in [3.05, 3.63) is 47.5 Å². The van der Waals surface area contributed by atoms with Gasteiger partial charge in [0.25, 0.3) is 0 Å². The van der Waals surface area contributed by atoms with Crippen LogP contribution in [0.25, 0.3) is 0 Å². The lowest BCUT2D eigenvalue weighted by Gasteiger charge is -2.23. The number of phenols is 1. The number of hydrogen-bond acceptors (Lipinski definition) is 4. The summed E-state index contributed by atoms with van der Waals surface area (Å²) >= 11 is 2.20. The second-order valence-electron chi connectivity index (χ2n) is 6.97. The molecule has 0 radical (unpaired) electrons. The van der Waals surface area contributed by atoms with Gasteiger partial charge in [0, 0.05) is 26.8 Å². The van der Waals surface area contributed by atoms with Crippen molar-refractivity contribution in [2.24, 2.45) is 0 Å². The summed E-state index contributed by atoms with van der Waals surface area (Å²) in [5.74, 6) is -0.922. The van der Waals surface area contributed by atoms with Gasteiger partial charge < -0.3 is 9.83 Å². The molecule has 2 aromatic carbocycles. The summed E-state index contributed by atoms with van der Waals surface area (Å²) in [6.07, 6.45) is -4.27. The summed E-state index contributed by atoms with van der Waals surface area (Å²) in [7, 11) is 0. The van der Waals surface area contributed by atoms with Gasteiger partial charge in [-0.15, -0.1) is 11.8 Å². The molecule has 2 aromatic rings. The highest BCUT2D eigenvalue weighted by Gasteiger charge is 2.35. The first-order chi connectivity index (χ1) is 14.0. The first-order valence-electron chi connectivity index (χ1n) is 9.25. The van der Waals surface area contributed by atoms with E-state index in [0.29, 0.717) is 4.90 Å². The average Bonchev–Trinajstić information content (AvgIpc) is 2.65. The van der Waals surface area contributed by atoms with Crippen LogP contribution >= 0.6 is 23.7 Å². The SMILES string of the molecule is Oc1cc(NSc2ccc(C(F)(F)F)c(SC3CCCCC3)c2)ccc1C(F)(F)F. The van der Waals surface area contributed by atoms with E-state index >= 15 is 0 Å². The Morgan fingerprint density at radius 1 is 0.833 bits per heavy atom. The van der Waals surface area contributed by atoms with E-state index in [0.717, 1.165) is 68.3 Å². The molecule has 30 heavy (non-hydrogen) atoms. The highest BCUT2D eigenvalue weighted by atomic mass is 32.2. The number of hydrogen-bond donors (Lipinski definition) is 2. The van der Waals surface area contributed by atoms with Crippen LogP contribution in [0.4, 0.5) is 32.0 Å². The molecule has 1 saturated carbocycles. The molecule has 2 nitrogen and oxygen atoms in total. The van der Waals surface area contributed by atoms with Crippen molar-refractivity contribution < 1.29 is 31.4 Å². The zero-order valence-corrected chi connectivity index (χ0v) is 17.2. The lowest BCUT2D eigenvalue weighted by Crippen LogP contribution is -2.11. The van der Waals surface area contributed by atoms with Crippen molar-refractivity contribution in [2.45, 2.75) is 59.5 Å². The largest absolute Gasteiger partial charge is 0.507 e. The van der Waals surface area contributed by atoms with Crippen molar-refractivity contribution in [2.75, 3.05) is 4.72 Å². The fourth-order valence-electron chi connectivity index (χ4n) is 3.21. The number of halogens is 6. The molecule has 0 bridgehead atoms. The Morgan fingerprint density at radius 2 is 1.47 bits per heavy atom. The quantitative estimate of drug-likeness (QED) is 0.345. The van der Waals surface area contributed by atoms with Crippen molar-refractivity contribution in [3.8, 4) is 5.75 Å². The Bertz CT molecular complexity index is 879. The number of rotatable bonds is 5. The molecule has 0 heterocycles. The normalized spacial score (nSPS) is 15.9. The maximum atomic E-state index is 13.4. The van der Waals surface area contributed by atoms with Gasteiger partial charge in [0.05, 0.1) is 11.1 Å². The summed E-state index contributed by atoms with van der Waals surface area (Å²) < 4.78 is 81.2. The number of thioether (sulfide) groups is 1. The minimum absolute atomic E-state index is 0.139. The minimum atomic E-state index is -4.67. The number of alkyl halides is 6. The summed E-state index contributed by atoms with van der Waals surface area (Å²) in [5.41, 5.74) is -1.64. The lowest BCUT2D eigenvalue weighted by molar-refractivity contribution is -0.140. The monoisotopic (exact) mass is 467 g/mol. The van der Waals surface area contributed by atoms with Crippen molar-refractivity contribution in [1.29, 1.82) is 0 Å². The predicted molar refractivity (Wildman–Crippen MR) is 107 cm³/mol. The molecule has 0 atom stereocenters. The van der Waals surface area contributed by atoms with E-state index in [1.165, 1.54) is 23.9 Å². The Hall–Kier alpha value is -1.68. The van der Waals surface area contributed by atoms with Gasteiger partial charge in [-0.25, -0.2) is 0 Å². The van der Waals surface area contributed by atoms with Crippen LogP contribution in [0, 0.1) is 0 Å². The van der Waals surface area contributed by atoms with Crippen LogP contribution in [-0.2, 0) is 12.4 Å². The van der Waals surface area contributed by atoms with Crippen molar-refractivity contribution >= 4 is 29.4 Å². The Balaban J connectivity index is 1.76. The van der Waals surface area contributed by atoms with Crippen LogP contribution in [0.5, 0.6) is 5.75 Å². The molecule has 0 saturated heterocycles. The van der Waals surface area contributed by atoms with E-state index in [2.05, 4.69) is 4.72 Å². The second-order valence-corrected chi connectivity index (χ2v) is 9.19. The molecule has 1 aliphatic carbocycles. The van der Waals surface area contributed by atoms with Gasteiger partial charge in [-0.2, -0.15) is 26.3 Å². The smallest absolute Gasteiger partial charge is 0.419 e. The first kappa shape index (κ1) is 23.0. The fourth-order valence-corrected chi connectivity index (χ4v) is 5.40. The van der Waals surface area contributed by atoms with E-state index in [4.69, 9.17) is 0 Å². The molecule has 0 aromatic heterocycles. The van der Waals surface area contributed by atoms with Gasteiger partial charge in [-0.1, -0.05) is 19.3 Å². The van der Waals surface area contributed by atoms with E-state index in [1.54, 1.807) is 0 Å². The molecular weight excluding hydrogens is 448 g/mol. The molecule has 3 rings (SSSR count). The summed E-state index contributed by atoms with van der Waals surface area (Å²) in [6, 6.07) is 6.61. The molecule has 164 valence electrons. The molecule has 0 aliphatic heterocycles. The second kappa shape index (κ2) is 9.21. The van der Waals surface area contributed by atoms with E-state index < -0.39 is 29.2 Å². The summed E-state index contributed by atoms with van der Waals surface area (Å²) in [4.78, 5) is 0.636. The Labute approximate surface area is 178 Å². The third-order valence-electron chi connectivity index (χ3n) is 4.69. The number of nitrogens with one attached hydrogen (secondary N) is 1. The molecule has 1 aliphatic rings. The van der Waals surface area contributed by atoms with Crippen LogP contribution in [0.15, 0.2) is 46.2 Å². The van der Waals surface area contributed by atoms with E-state index in [-0.39, 0.29) is 15.8 Å². The van der Waals surface area contributed by atoms with Crippen LogP contribution in [-0.4, -0.2) is 10.4 Å². The Morgan fingerprint density at radius 3 is 2.07 bits per heavy atom. The standard InChI is InChI=1S/C20H19F6NOS2/c21-19(22,23)15-8-6-12(10-17(15)28)27-30-14-7-9-16(20(24,25)26)18(11-14)29-13-4-2-1-3-5-13/h6-11,13,27-28H,1-5H2. The average molecular weight is 468 g/mol. The molecule has 0 spiro atoms. The maximum Gasteiger partial charge on any atom is 0.419 e. The van der Waals surface area contributed by atoms with Gasteiger partial charge in [-0.3, -0.25) is 0 Å². The number of anilines is 1. The first-order valence-corrected chi connectivity index (χ1v) is 10.9. The zero-order chi connectivity index (χ0) is 21.9. The van der Waals surface area contributed by atoms with Gasteiger partial charge in [-0.05, 0) is 55.1 Å². The summed E-state index contributed by atoms with van der Waals surface area (Å²) in [6.45, 7) is 0. The number of phenolic OH excluding ortho intramolecular Hbond substituents is 1. The fraction of sp³-hybridized carbons (Fsp3) is 0.400. The lowest BCUT2D eigenvalue weighted by atomic mass is 10.0. The van der Waals surface area contributed by atoms with Crippen molar-refractivity contribution in [1.82, 2.24) is 0 Å². The highest BCUT2D eigenvalue weighted by molar-refractivity contribution is 8.01. The van der Waals surface area contributed by atoms with Gasteiger partial charge >= 0.3 is 12.4 Å². The maximum absolute atomic E-state index is 13.4. The third kappa shape index (κ3) is 5.94. The van der Waals surface area contributed by atoms with E-state index in [9.17, 15) is 31.4 Å². The topological polar surface area (TPSA) is 32.3 Å². The van der Waals surface area contributed by atoms with Crippen LogP contribution in [0.1, 0.15) is 43.2 Å². The Kier molecular flexibility index (Phi) is 7.06. The number of aromatic hydroxyl groups is 1. The van der Waals surface area contributed by atoms with Crippen LogP contribution in [0.2, 0.25) is 0 Å². The number of benzene rings is 2. The van der Waals surface area contributed by atoms with Gasteiger partial charge in [0.15, 0.2) is 0 Å². The highest BCUT2D eigenvalue weighted by Crippen LogP contribution is 2.43. The minimum Gasteiger partial charge on any atom is -0.507 e. The van der Waals surface area contributed by atoms with Crippen LogP contribution < -0.4 is 4.72 Å². The molecular formula is C20H19F6NOS2. The molecule has 0 amide bonds. The van der Waals surface area contributed by atoms with Crippen molar-refractivity contribution in [3.63, 3.8) is 0 Å². The molecule has 1 fully saturated rings. The summed E-state index contributed by atoms with van der Waals surface area (Å²) in [5, 5.41) is 9.72. The zero-order valence-electron chi connectivity index (χ0n) is 15.6. The molecule has 0 unspecified atom stereocenters. The van der Waals surface area contributed by atoms with E-state index in [1.807, 2.05) is 0 Å². The third-order valence-corrected chi connectivity index (χ3v) is 6.92. The van der Waals surface area contributed by atoms with Crippen LogP contribution in [0.3, 0.4) is 0 Å². The van der Waals surface area contributed by atoms with Gasteiger partial charge in [0.1, 0.15) is 5.75 Å². The molecule has 2 N–H and O–H groups in total. The van der Waals surface area contributed by atoms with Gasteiger partial charge in [0.2, 0.25) is 0 Å². The predicted octanol–water partition coefficient (Wildman–Crippen LogP) is 7.97.